The summed E-state index contributed by atoms with van der Waals surface area (Å²) in [7, 11) is 1.55. The van der Waals surface area contributed by atoms with Crippen LogP contribution in [0.2, 0.25) is 0 Å². The van der Waals surface area contributed by atoms with Gasteiger partial charge in [0.05, 0.1) is 18.1 Å². The molecule has 0 radical (unpaired) electrons. The molecule has 33 heavy (non-hydrogen) atoms. The third-order valence-corrected chi connectivity index (χ3v) is 5.54. The maximum Gasteiger partial charge on any atom is 0.343 e. The first kappa shape index (κ1) is 22.3. The lowest BCUT2D eigenvalue weighted by Gasteiger charge is -2.19. The van der Waals surface area contributed by atoms with Crippen LogP contribution in [0.5, 0.6) is 11.5 Å². The summed E-state index contributed by atoms with van der Waals surface area (Å²) in [5.74, 6) is 0.0625. The van der Waals surface area contributed by atoms with Crippen LogP contribution in [0, 0.1) is 6.92 Å². The average Bonchev–Trinajstić information content (AvgIpc) is 2.80. The minimum Gasteiger partial charge on any atom is -0.497 e. The molecule has 0 saturated carbocycles. The van der Waals surface area contributed by atoms with Crippen LogP contribution in [0.4, 0.5) is 0 Å². The molecule has 0 aliphatic rings. The Labute approximate surface area is 192 Å². The Hall–Kier alpha value is -3.86. The lowest BCUT2D eigenvalue weighted by molar-refractivity contribution is 0.0731. The molecule has 3 aromatic carbocycles. The second kappa shape index (κ2) is 8.58. The molecule has 0 N–H and O–H groups in total. The Morgan fingerprint density at radius 2 is 1.58 bits per heavy atom. The van der Waals surface area contributed by atoms with E-state index in [-0.39, 0.29) is 16.9 Å². The second-order valence-corrected chi connectivity index (χ2v) is 9.03. The van der Waals surface area contributed by atoms with Gasteiger partial charge in [-0.25, -0.2) is 4.79 Å². The van der Waals surface area contributed by atoms with Gasteiger partial charge in [-0.05, 0) is 54.3 Å². The summed E-state index contributed by atoms with van der Waals surface area (Å²) in [6.45, 7) is 8.27. The van der Waals surface area contributed by atoms with Gasteiger partial charge in [-0.3, -0.25) is 4.79 Å². The standard InChI is InChI=1S/C28H26O5/c1-17-6-15-23-22(16-17)24(29)26(33-27(30)19-9-13-21(31-5)14-10-19)25(32-23)18-7-11-20(12-8-18)28(2,3)4/h6-16H,1-5H3. The number of hydrogen-bond donors (Lipinski definition) is 0. The molecule has 1 aromatic heterocycles. The van der Waals surface area contributed by atoms with Crippen LogP contribution in [0.3, 0.4) is 0 Å². The molecule has 0 unspecified atom stereocenters. The third-order valence-electron chi connectivity index (χ3n) is 5.54. The highest BCUT2D eigenvalue weighted by molar-refractivity contribution is 5.93. The van der Waals surface area contributed by atoms with E-state index in [9.17, 15) is 9.59 Å². The quantitative estimate of drug-likeness (QED) is 0.347. The molecule has 5 nitrogen and oxygen atoms in total. The summed E-state index contributed by atoms with van der Waals surface area (Å²) < 4.78 is 16.9. The second-order valence-electron chi connectivity index (χ2n) is 9.03. The van der Waals surface area contributed by atoms with E-state index >= 15 is 0 Å². The number of rotatable bonds is 4. The zero-order chi connectivity index (χ0) is 23.8. The van der Waals surface area contributed by atoms with E-state index < -0.39 is 11.4 Å². The Morgan fingerprint density at radius 3 is 2.18 bits per heavy atom. The van der Waals surface area contributed by atoms with Gasteiger partial charge in [0.1, 0.15) is 11.3 Å². The molecule has 0 aliphatic carbocycles. The minimum absolute atomic E-state index is 0.0239. The van der Waals surface area contributed by atoms with Crippen molar-refractivity contribution in [3.63, 3.8) is 0 Å². The average molecular weight is 443 g/mol. The van der Waals surface area contributed by atoms with Gasteiger partial charge in [0.25, 0.3) is 0 Å². The van der Waals surface area contributed by atoms with Crippen LogP contribution in [-0.4, -0.2) is 13.1 Å². The first-order valence-electron chi connectivity index (χ1n) is 10.7. The van der Waals surface area contributed by atoms with Crippen molar-refractivity contribution in [2.45, 2.75) is 33.1 Å². The van der Waals surface area contributed by atoms with Crippen molar-refractivity contribution >= 4 is 16.9 Å². The number of esters is 1. The van der Waals surface area contributed by atoms with Gasteiger partial charge in [0, 0.05) is 5.56 Å². The first-order chi connectivity index (χ1) is 15.7. The van der Waals surface area contributed by atoms with Gasteiger partial charge < -0.3 is 13.9 Å². The van der Waals surface area contributed by atoms with Crippen LogP contribution < -0.4 is 14.9 Å². The van der Waals surface area contributed by atoms with Crippen LogP contribution in [0.25, 0.3) is 22.3 Å². The number of fused-ring (bicyclic) bond motifs is 1. The van der Waals surface area contributed by atoms with E-state index in [1.54, 1.807) is 43.5 Å². The van der Waals surface area contributed by atoms with Crippen molar-refractivity contribution in [2.24, 2.45) is 0 Å². The number of benzene rings is 3. The highest BCUT2D eigenvalue weighted by Gasteiger charge is 2.22. The van der Waals surface area contributed by atoms with Gasteiger partial charge >= 0.3 is 5.97 Å². The topological polar surface area (TPSA) is 65.7 Å². The normalized spacial score (nSPS) is 11.4. The lowest BCUT2D eigenvalue weighted by atomic mass is 9.86. The summed E-state index contributed by atoms with van der Waals surface area (Å²) in [6, 6.07) is 19.6. The van der Waals surface area contributed by atoms with Crippen molar-refractivity contribution in [1.29, 1.82) is 0 Å². The summed E-state index contributed by atoms with van der Waals surface area (Å²) in [4.78, 5) is 26.3. The van der Waals surface area contributed by atoms with Crippen LogP contribution in [-0.2, 0) is 5.41 Å². The number of hydrogen-bond acceptors (Lipinski definition) is 5. The van der Waals surface area contributed by atoms with Gasteiger partial charge in [0.15, 0.2) is 5.76 Å². The van der Waals surface area contributed by atoms with Crippen molar-refractivity contribution in [3.05, 3.63) is 93.6 Å². The minimum atomic E-state index is -0.649. The molecule has 0 spiro atoms. The lowest BCUT2D eigenvalue weighted by Crippen LogP contribution is -2.16. The fourth-order valence-electron chi connectivity index (χ4n) is 3.58. The molecule has 0 saturated heterocycles. The van der Waals surface area contributed by atoms with Crippen LogP contribution in [0.1, 0.15) is 42.3 Å². The highest BCUT2D eigenvalue weighted by atomic mass is 16.5. The Morgan fingerprint density at radius 1 is 0.909 bits per heavy atom. The number of aryl methyl sites for hydroxylation is 1. The van der Waals surface area contributed by atoms with E-state index in [2.05, 4.69) is 20.8 Å². The summed E-state index contributed by atoms with van der Waals surface area (Å²) in [5.41, 5.74) is 3.02. The van der Waals surface area contributed by atoms with E-state index in [1.165, 1.54) is 0 Å². The molecular formula is C28H26O5. The zero-order valence-corrected chi connectivity index (χ0v) is 19.4. The smallest absolute Gasteiger partial charge is 0.343 e. The van der Waals surface area contributed by atoms with Crippen LogP contribution in [0.15, 0.2) is 75.9 Å². The van der Waals surface area contributed by atoms with Gasteiger partial charge in [-0.1, -0.05) is 56.7 Å². The van der Waals surface area contributed by atoms with E-state index in [4.69, 9.17) is 13.9 Å². The highest BCUT2D eigenvalue weighted by Crippen LogP contribution is 2.33. The van der Waals surface area contributed by atoms with E-state index in [1.807, 2.05) is 37.3 Å². The number of methoxy groups -OCH3 is 1. The number of carbonyl (C=O) groups is 1. The Bertz CT molecular complexity index is 1370. The predicted molar refractivity (Wildman–Crippen MR) is 129 cm³/mol. The Balaban J connectivity index is 1.84. The molecule has 0 atom stereocenters. The molecule has 5 heteroatoms. The van der Waals surface area contributed by atoms with Gasteiger partial charge in [-0.15, -0.1) is 0 Å². The molecule has 1 heterocycles. The summed E-state index contributed by atoms with van der Waals surface area (Å²) in [5, 5.41) is 0.364. The van der Waals surface area contributed by atoms with Crippen molar-refractivity contribution < 1.29 is 18.7 Å². The molecule has 0 amide bonds. The van der Waals surface area contributed by atoms with Crippen molar-refractivity contribution in [3.8, 4) is 22.8 Å². The number of carbonyl (C=O) groups excluding carboxylic acids is 1. The van der Waals surface area contributed by atoms with Crippen LogP contribution >= 0.6 is 0 Å². The van der Waals surface area contributed by atoms with E-state index in [0.29, 0.717) is 27.8 Å². The number of ether oxygens (including phenoxy) is 2. The fourth-order valence-corrected chi connectivity index (χ4v) is 3.58. The maximum absolute atomic E-state index is 13.4. The monoisotopic (exact) mass is 442 g/mol. The molecule has 4 rings (SSSR count). The van der Waals surface area contributed by atoms with Gasteiger partial charge in [-0.2, -0.15) is 0 Å². The molecule has 0 aliphatic heterocycles. The molecule has 168 valence electrons. The van der Waals surface area contributed by atoms with Gasteiger partial charge in [0.2, 0.25) is 11.2 Å². The summed E-state index contributed by atoms with van der Waals surface area (Å²) >= 11 is 0. The maximum atomic E-state index is 13.4. The zero-order valence-electron chi connectivity index (χ0n) is 19.4. The van der Waals surface area contributed by atoms with E-state index in [0.717, 1.165) is 11.1 Å². The largest absolute Gasteiger partial charge is 0.497 e. The Kier molecular flexibility index (Phi) is 5.81. The molecular weight excluding hydrogens is 416 g/mol. The van der Waals surface area contributed by atoms with Crippen molar-refractivity contribution in [1.82, 2.24) is 0 Å². The SMILES string of the molecule is COc1ccc(C(=O)Oc2c(-c3ccc(C(C)(C)C)cc3)oc3ccc(C)cc3c2=O)cc1. The van der Waals surface area contributed by atoms with Crippen molar-refractivity contribution in [2.75, 3.05) is 7.11 Å². The predicted octanol–water partition coefficient (Wildman–Crippen LogP) is 6.29. The first-order valence-corrected chi connectivity index (χ1v) is 10.7. The fraction of sp³-hybridized carbons (Fsp3) is 0.214. The molecule has 4 aromatic rings. The molecule has 0 fully saturated rings. The third kappa shape index (κ3) is 4.53. The summed E-state index contributed by atoms with van der Waals surface area (Å²) in [6.07, 6.45) is 0. The molecule has 0 bridgehead atoms.